The molecule has 9 nitrogen and oxygen atoms in total. The zero-order valence-corrected chi connectivity index (χ0v) is 20.0. The Morgan fingerprint density at radius 1 is 1.20 bits per heavy atom. The summed E-state index contributed by atoms with van der Waals surface area (Å²) < 4.78 is 11.2. The van der Waals surface area contributed by atoms with Crippen LogP contribution in [0.5, 0.6) is 5.88 Å². The van der Waals surface area contributed by atoms with E-state index in [0.717, 1.165) is 40.3 Å². The summed E-state index contributed by atoms with van der Waals surface area (Å²) in [5.41, 5.74) is 3.31. The monoisotopic (exact) mass is 491 g/mol. The number of methoxy groups -OCH3 is 1. The van der Waals surface area contributed by atoms with Crippen molar-refractivity contribution in [3.8, 4) is 5.88 Å². The molecular formula is C25H25N5O4S. The van der Waals surface area contributed by atoms with Crippen LogP contribution in [0.2, 0.25) is 0 Å². The minimum absolute atomic E-state index is 0.0356. The van der Waals surface area contributed by atoms with E-state index in [0.29, 0.717) is 30.4 Å². The van der Waals surface area contributed by atoms with Gasteiger partial charge in [0.15, 0.2) is 0 Å². The van der Waals surface area contributed by atoms with Gasteiger partial charge in [-0.15, -0.1) is 11.8 Å². The first kappa shape index (κ1) is 22.0. The Morgan fingerprint density at radius 2 is 2.09 bits per heavy atom. The van der Waals surface area contributed by atoms with Crippen molar-refractivity contribution in [2.45, 2.75) is 17.0 Å². The molecule has 0 saturated carbocycles. The number of hydrogen-bond donors (Lipinski definition) is 2. The number of cyclic esters (lactones) is 1. The Hall–Kier alpha value is -3.50. The van der Waals surface area contributed by atoms with Gasteiger partial charge in [0.2, 0.25) is 11.8 Å². The SMILES string of the molecule is COc1ccc2cccc(N(C[C@@H]3CN(c4ccc5c(c4)NC(=O)CS5)C(=O)O3)C3CNC3)c2n1. The highest BCUT2D eigenvalue weighted by atomic mass is 32.2. The lowest BCUT2D eigenvalue weighted by Gasteiger charge is -2.41. The van der Waals surface area contributed by atoms with E-state index in [1.807, 2.05) is 42.5 Å². The highest BCUT2D eigenvalue weighted by molar-refractivity contribution is 8.00. The van der Waals surface area contributed by atoms with Gasteiger partial charge in [-0.3, -0.25) is 9.69 Å². The summed E-state index contributed by atoms with van der Waals surface area (Å²) in [6, 6.07) is 16.0. The van der Waals surface area contributed by atoms with Crippen LogP contribution in [0.3, 0.4) is 0 Å². The molecule has 2 amide bonds. The number of aromatic nitrogens is 1. The highest BCUT2D eigenvalue weighted by Crippen LogP contribution is 2.36. The fourth-order valence-corrected chi connectivity index (χ4v) is 5.47. The van der Waals surface area contributed by atoms with Crippen molar-refractivity contribution in [1.82, 2.24) is 10.3 Å². The molecule has 2 fully saturated rings. The molecule has 3 aliphatic heterocycles. The summed E-state index contributed by atoms with van der Waals surface area (Å²) in [4.78, 5) is 34.3. The topological polar surface area (TPSA) is 96.0 Å². The first-order chi connectivity index (χ1) is 17.1. The third-order valence-electron chi connectivity index (χ3n) is 6.57. The molecule has 0 aliphatic carbocycles. The molecule has 2 N–H and O–H groups in total. The van der Waals surface area contributed by atoms with Gasteiger partial charge in [0.05, 0.1) is 48.9 Å². The van der Waals surface area contributed by atoms with Crippen molar-refractivity contribution in [3.05, 3.63) is 48.5 Å². The van der Waals surface area contributed by atoms with Gasteiger partial charge in [-0.2, -0.15) is 0 Å². The van der Waals surface area contributed by atoms with Gasteiger partial charge in [0.25, 0.3) is 0 Å². The molecule has 0 bridgehead atoms. The van der Waals surface area contributed by atoms with Gasteiger partial charge >= 0.3 is 6.09 Å². The molecule has 0 spiro atoms. The predicted molar refractivity (Wildman–Crippen MR) is 136 cm³/mol. The zero-order chi connectivity index (χ0) is 23.9. The Kier molecular flexibility index (Phi) is 5.62. The van der Waals surface area contributed by atoms with Gasteiger partial charge in [-0.05, 0) is 30.3 Å². The fourth-order valence-electron chi connectivity index (χ4n) is 4.68. The summed E-state index contributed by atoms with van der Waals surface area (Å²) in [6.07, 6.45) is -0.696. The lowest BCUT2D eigenvalue weighted by Crippen LogP contribution is -2.59. The summed E-state index contributed by atoms with van der Waals surface area (Å²) in [6.45, 7) is 2.68. The molecule has 2 saturated heterocycles. The van der Waals surface area contributed by atoms with Gasteiger partial charge < -0.3 is 25.0 Å². The van der Waals surface area contributed by atoms with Crippen molar-refractivity contribution in [2.75, 3.05) is 54.2 Å². The van der Waals surface area contributed by atoms with Gasteiger partial charge in [0, 0.05) is 35.1 Å². The molecular weight excluding hydrogens is 466 g/mol. The standard InChI is InChI=1S/C25H25N5O4S/c1-33-23-8-5-15-3-2-4-20(24(15)28-23)29(17-10-26-11-17)12-18-13-30(25(32)34-18)16-6-7-21-19(9-16)27-22(31)14-35-21/h2-9,17-18,26H,10-14H2,1H3,(H,27,31)/t18-/m1/s1. The number of anilines is 3. The highest BCUT2D eigenvalue weighted by Gasteiger charge is 2.37. The minimum Gasteiger partial charge on any atom is -0.481 e. The number of pyridine rings is 1. The number of fused-ring (bicyclic) bond motifs is 2. The summed E-state index contributed by atoms with van der Waals surface area (Å²) >= 11 is 1.50. The van der Waals surface area contributed by atoms with Gasteiger partial charge in [0.1, 0.15) is 6.10 Å². The molecule has 1 atom stereocenters. The largest absolute Gasteiger partial charge is 0.481 e. The molecule has 180 valence electrons. The van der Waals surface area contributed by atoms with Crippen molar-refractivity contribution in [1.29, 1.82) is 0 Å². The second kappa shape index (κ2) is 8.94. The summed E-state index contributed by atoms with van der Waals surface area (Å²) in [5, 5.41) is 7.26. The lowest BCUT2D eigenvalue weighted by molar-refractivity contribution is -0.113. The van der Waals surface area contributed by atoms with E-state index < -0.39 is 0 Å². The van der Waals surface area contributed by atoms with Crippen LogP contribution in [-0.4, -0.2) is 68.2 Å². The van der Waals surface area contributed by atoms with Gasteiger partial charge in [-0.1, -0.05) is 12.1 Å². The number of carbonyl (C=O) groups is 2. The Morgan fingerprint density at radius 3 is 2.89 bits per heavy atom. The van der Waals surface area contributed by atoms with Crippen LogP contribution >= 0.6 is 11.8 Å². The van der Waals surface area contributed by atoms with Crippen LogP contribution in [0.15, 0.2) is 53.4 Å². The van der Waals surface area contributed by atoms with Crippen LogP contribution in [-0.2, 0) is 9.53 Å². The van der Waals surface area contributed by atoms with Gasteiger partial charge in [-0.25, -0.2) is 9.78 Å². The number of para-hydroxylation sites is 1. The van der Waals surface area contributed by atoms with Crippen molar-refractivity contribution in [3.63, 3.8) is 0 Å². The smallest absolute Gasteiger partial charge is 0.414 e. The number of nitrogens with zero attached hydrogens (tertiary/aromatic N) is 3. The number of benzene rings is 2. The predicted octanol–water partition coefficient (Wildman–Crippen LogP) is 3.09. The second-order valence-electron chi connectivity index (χ2n) is 8.80. The second-order valence-corrected chi connectivity index (χ2v) is 9.82. The third-order valence-corrected chi connectivity index (χ3v) is 7.65. The number of carbonyl (C=O) groups excluding carboxylic acids is 2. The molecule has 0 unspecified atom stereocenters. The van der Waals surface area contributed by atoms with Crippen LogP contribution < -0.4 is 25.2 Å². The number of nitrogens with one attached hydrogen (secondary N) is 2. The number of thioether (sulfide) groups is 1. The van der Waals surface area contributed by atoms with E-state index in [9.17, 15) is 9.59 Å². The average molecular weight is 492 g/mol. The van der Waals surface area contributed by atoms with Crippen LogP contribution in [0.1, 0.15) is 0 Å². The van der Waals surface area contributed by atoms with Crippen LogP contribution in [0.4, 0.5) is 21.9 Å². The van der Waals surface area contributed by atoms with Crippen molar-refractivity contribution in [2.24, 2.45) is 0 Å². The molecule has 2 aromatic carbocycles. The maximum atomic E-state index is 12.8. The van der Waals surface area contributed by atoms with E-state index in [2.05, 4.69) is 21.6 Å². The van der Waals surface area contributed by atoms with Crippen molar-refractivity contribution >= 4 is 51.7 Å². The molecule has 35 heavy (non-hydrogen) atoms. The number of amides is 2. The number of hydrogen-bond acceptors (Lipinski definition) is 8. The maximum Gasteiger partial charge on any atom is 0.414 e. The molecule has 6 rings (SSSR count). The Bertz CT molecular complexity index is 1310. The van der Waals surface area contributed by atoms with E-state index in [4.69, 9.17) is 14.5 Å². The van der Waals surface area contributed by atoms with E-state index in [1.165, 1.54) is 11.8 Å². The fraction of sp³-hybridized carbons (Fsp3) is 0.320. The van der Waals surface area contributed by atoms with E-state index in [-0.39, 0.29) is 24.1 Å². The lowest BCUT2D eigenvalue weighted by atomic mass is 10.1. The maximum absolute atomic E-state index is 12.8. The molecule has 3 aliphatic rings. The Balaban J connectivity index is 1.26. The molecule has 4 heterocycles. The number of rotatable bonds is 6. The summed E-state index contributed by atoms with van der Waals surface area (Å²) in [7, 11) is 1.61. The zero-order valence-electron chi connectivity index (χ0n) is 19.2. The normalized spacial score (nSPS) is 19.7. The molecule has 3 aromatic rings. The Labute approximate surface area is 206 Å². The first-order valence-electron chi connectivity index (χ1n) is 11.5. The van der Waals surface area contributed by atoms with E-state index >= 15 is 0 Å². The third kappa shape index (κ3) is 4.12. The molecule has 0 radical (unpaired) electrons. The van der Waals surface area contributed by atoms with Crippen molar-refractivity contribution < 1.29 is 19.1 Å². The minimum atomic E-state index is -0.380. The molecule has 1 aromatic heterocycles. The quantitative estimate of drug-likeness (QED) is 0.543. The number of ether oxygens (including phenoxy) is 2. The average Bonchev–Trinajstić information content (AvgIpc) is 3.21. The molecule has 10 heteroatoms. The van der Waals surface area contributed by atoms with Crippen LogP contribution in [0.25, 0.3) is 10.9 Å². The van der Waals surface area contributed by atoms with Crippen LogP contribution in [0, 0.1) is 0 Å². The summed E-state index contributed by atoms with van der Waals surface area (Å²) in [5.74, 6) is 0.931. The first-order valence-corrected chi connectivity index (χ1v) is 12.5. The van der Waals surface area contributed by atoms with E-state index in [1.54, 1.807) is 12.0 Å².